The molecule has 2 aromatic rings. The number of amidine groups is 1. The van der Waals surface area contributed by atoms with Crippen molar-refractivity contribution in [3.63, 3.8) is 0 Å². The molecule has 1 aliphatic heterocycles. The summed E-state index contributed by atoms with van der Waals surface area (Å²) in [6.45, 7) is 2.59. The van der Waals surface area contributed by atoms with E-state index in [1.807, 2.05) is 11.8 Å². The fourth-order valence-corrected chi connectivity index (χ4v) is 3.55. The Labute approximate surface area is 129 Å². The van der Waals surface area contributed by atoms with Crippen LogP contribution in [0.2, 0.25) is 0 Å². The van der Waals surface area contributed by atoms with Crippen LogP contribution in [0.5, 0.6) is 0 Å². The van der Waals surface area contributed by atoms with Gasteiger partial charge >= 0.3 is 0 Å². The highest BCUT2D eigenvalue weighted by molar-refractivity contribution is 7.99. The molecule has 0 saturated carbocycles. The van der Waals surface area contributed by atoms with Crippen LogP contribution in [0, 0.1) is 12.3 Å². The van der Waals surface area contributed by atoms with Crippen LogP contribution in [0.1, 0.15) is 12.8 Å². The molecule has 3 rings (SSSR count). The summed E-state index contributed by atoms with van der Waals surface area (Å²) in [4.78, 5) is 11.5. The summed E-state index contributed by atoms with van der Waals surface area (Å²) in [5.41, 5.74) is 1.20. The Bertz CT molecular complexity index is 681. The number of terminal acetylenes is 1. The highest BCUT2D eigenvalue weighted by Gasteiger charge is 2.16. The fraction of sp³-hybridized carbons (Fsp3) is 0.353. The van der Waals surface area contributed by atoms with Gasteiger partial charge in [0.25, 0.3) is 0 Å². The van der Waals surface area contributed by atoms with Gasteiger partial charge < -0.3 is 9.88 Å². The van der Waals surface area contributed by atoms with Crippen LogP contribution in [0.25, 0.3) is 10.9 Å². The zero-order chi connectivity index (χ0) is 14.5. The van der Waals surface area contributed by atoms with Gasteiger partial charge in [-0.3, -0.25) is 4.99 Å². The molecule has 0 amide bonds. The van der Waals surface area contributed by atoms with Gasteiger partial charge in [0.15, 0.2) is 0 Å². The SMILES string of the molecule is C#CCN1CCC/C1=N\CCSc1c[nH]c2ccccc12. The average Bonchev–Trinajstić information content (AvgIpc) is 3.11. The number of thioether (sulfide) groups is 1. The lowest BCUT2D eigenvalue weighted by Crippen LogP contribution is -2.25. The Morgan fingerprint density at radius 3 is 3.19 bits per heavy atom. The van der Waals surface area contributed by atoms with Gasteiger partial charge in [0.05, 0.1) is 18.9 Å². The number of benzene rings is 1. The summed E-state index contributed by atoms with van der Waals surface area (Å²) in [5, 5.41) is 1.30. The van der Waals surface area contributed by atoms with Crippen LogP contribution >= 0.6 is 11.8 Å². The molecule has 1 aliphatic rings. The Morgan fingerprint density at radius 2 is 2.29 bits per heavy atom. The van der Waals surface area contributed by atoms with E-state index in [0.29, 0.717) is 6.54 Å². The lowest BCUT2D eigenvalue weighted by molar-refractivity contribution is 0.508. The standard InChI is InChI=1S/C17H19N3S/c1-2-10-20-11-5-8-17(20)18-9-12-21-16-13-19-15-7-4-3-6-14(15)16/h1,3-4,6-7,13,19H,5,8-12H2/b18-17+. The minimum Gasteiger partial charge on any atom is -0.360 e. The molecule has 0 radical (unpaired) electrons. The normalized spacial score (nSPS) is 16.7. The van der Waals surface area contributed by atoms with Crippen LogP contribution in [-0.2, 0) is 0 Å². The van der Waals surface area contributed by atoms with Crippen molar-refractivity contribution >= 4 is 28.5 Å². The van der Waals surface area contributed by atoms with Gasteiger partial charge in [-0.2, -0.15) is 0 Å². The molecule has 1 aromatic carbocycles. The lowest BCUT2D eigenvalue weighted by atomic mass is 10.2. The number of nitrogens with one attached hydrogen (secondary N) is 1. The summed E-state index contributed by atoms with van der Waals surface area (Å²) in [7, 11) is 0. The van der Waals surface area contributed by atoms with Gasteiger partial charge in [0.1, 0.15) is 0 Å². The molecule has 1 aromatic heterocycles. The van der Waals surface area contributed by atoms with Crippen molar-refractivity contribution in [2.45, 2.75) is 17.7 Å². The first-order valence-corrected chi connectivity index (χ1v) is 8.27. The first-order chi connectivity index (χ1) is 10.4. The molecule has 21 heavy (non-hydrogen) atoms. The number of likely N-dealkylation sites (tertiary alicyclic amines) is 1. The van der Waals surface area contributed by atoms with Gasteiger partial charge in [-0.15, -0.1) is 18.2 Å². The van der Waals surface area contributed by atoms with Crippen LogP contribution in [0.15, 0.2) is 40.4 Å². The minimum atomic E-state index is 0.689. The molecule has 0 bridgehead atoms. The van der Waals surface area contributed by atoms with E-state index in [1.54, 1.807) is 0 Å². The predicted octanol–water partition coefficient (Wildman–Crippen LogP) is 3.39. The molecule has 3 nitrogen and oxygen atoms in total. The first kappa shape index (κ1) is 14.1. The number of hydrogen-bond donors (Lipinski definition) is 1. The molecule has 2 heterocycles. The Hall–Kier alpha value is -1.86. The molecule has 1 fully saturated rings. The molecule has 0 atom stereocenters. The van der Waals surface area contributed by atoms with Crippen molar-refractivity contribution in [3.05, 3.63) is 30.5 Å². The maximum absolute atomic E-state index is 5.39. The van der Waals surface area contributed by atoms with Crippen molar-refractivity contribution < 1.29 is 0 Å². The Morgan fingerprint density at radius 1 is 1.38 bits per heavy atom. The number of para-hydroxylation sites is 1. The number of aliphatic imine (C=N–C) groups is 1. The van der Waals surface area contributed by atoms with Gasteiger partial charge in [0, 0.05) is 40.7 Å². The van der Waals surface area contributed by atoms with Gasteiger partial charge in [-0.1, -0.05) is 24.1 Å². The van der Waals surface area contributed by atoms with E-state index in [1.165, 1.54) is 28.1 Å². The van der Waals surface area contributed by atoms with E-state index in [4.69, 9.17) is 11.4 Å². The zero-order valence-electron chi connectivity index (χ0n) is 12.0. The van der Waals surface area contributed by atoms with E-state index in [0.717, 1.165) is 25.3 Å². The number of aromatic nitrogens is 1. The molecule has 108 valence electrons. The van der Waals surface area contributed by atoms with Gasteiger partial charge in [-0.25, -0.2) is 0 Å². The maximum Gasteiger partial charge on any atom is 0.0997 e. The largest absolute Gasteiger partial charge is 0.360 e. The van der Waals surface area contributed by atoms with Crippen LogP contribution < -0.4 is 0 Å². The number of H-pyrrole nitrogens is 1. The average molecular weight is 297 g/mol. The van der Waals surface area contributed by atoms with Crippen molar-refractivity contribution in [2.75, 3.05) is 25.4 Å². The Kier molecular flexibility index (Phi) is 4.52. The van der Waals surface area contributed by atoms with Crippen molar-refractivity contribution in [1.29, 1.82) is 0 Å². The second kappa shape index (κ2) is 6.73. The highest BCUT2D eigenvalue weighted by atomic mass is 32.2. The monoisotopic (exact) mass is 297 g/mol. The number of aromatic amines is 1. The Balaban J connectivity index is 1.56. The quantitative estimate of drug-likeness (QED) is 0.521. The van der Waals surface area contributed by atoms with E-state index in [2.05, 4.69) is 46.3 Å². The fourth-order valence-electron chi connectivity index (χ4n) is 2.67. The first-order valence-electron chi connectivity index (χ1n) is 7.29. The summed E-state index contributed by atoms with van der Waals surface area (Å²) < 4.78 is 0. The summed E-state index contributed by atoms with van der Waals surface area (Å²) >= 11 is 1.86. The molecule has 0 unspecified atom stereocenters. The number of hydrogen-bond acceptors (Lipinski definition) is 2. The second-order valence-electron chi connectivity index (χ2n) is 5.07. The van der Waals surface area contributed by atoms with Crippen molar-refractivity contribution in [1.82, 2.24) is 9.88 Å². The highest BCUT2D eigenvalue weighted by Crippen LogP contribution is 2.27. The third-order valence-electron chi connectivity index (χ3n) is 3.67. The maximum atomic E-state index is 5.39. The van der Waals surface area contributed by atoms with E-state index in [9.17, 15) is 0 Å². The van der Waals surface area contributed by atoms with Crippen LogP contribution in [0.4, 0.5) is 0 Å². The third kappa shape index (κ3) is 3.25. The minimum absolute atomic E-state index is 0.689. The lowest BCUT2D eigenvalue weighted by Gasteiger charge is -2.15. The van der Waals surface area contributed by atoms with E-state index in [-0.39, 0.29) is 0 Å². The molecule has 0 spiro atoms. The molecule has 1 saturated heterocycles. The van der Waals surface area contributed by atoms with Crippen molar-refractivity contribution in [3.8, 4) is 12.3 Å². The van der Waals surface area contributed by atoms with Gasteiger partial charge in [-0.05, 0) is 12.5 Å². The molecular formula is C17H19N3S. The summed E-state index contributed by atoms with van der Waals surface area (Å²) in [5.74, 6) is 4.89. The molecule has 1 N–H and O–H groups in total. The van der Waals surface area contributed by atoms with Crippen LogP contribution in [-0.4, -0.2) is 41.1 Å². The summed E-state index contributed by atoms with van der Waals surface area (Å²) in [6.07, 6.45) is 9.72. The van der Waals surface area contributed by atoms with Crippen molar-refractivity contribution in [2.24, 2.45) is 4.99 Å². The smallest absolute Gasteiger partial charge is 0.0997 e. The zero-order valence-corrected chi connectivity index (χ0v) is 12.8. The second-order valence-corrected chi connectivity index (χ2v) is 6.21. The predicted molar refractivity (Wildman–Crippen MR) is 91.0 cm³/mol. The number of fused-ring (bicyclic) bond motifs is 1. The number of nitrogens with zero attached hydrogens (tertiary/aromatic N) is 2. The third-order valence-corrected chi connectivity index (χ3v) is 4.71. The number of rotatable bonds is 5. The molecular weight excluding hydrogens is 278 g/mol. The van der Waals surface area contributed by atoms with Gasteiger partial charge in [0.2, 0.25) is 0 Å². The summed E-state index contributed by atoms with van der Waals surface area (Å²) in [6, 6.07) is 8.40. The molecule has 4 heteroatoms. The topological polar surface area (TPSA) is 31.4 Å². The van der Waals surface area contributed by atoms with Crippen LogP contribution in [0.3, 0.4) is 0 Å². The van der Waals surface area contributed by atoms with E-state index < -0.39 is 0 Å². The molecule has 0 aliphatic carbocycles. The van der Waals surface area contributed by atoms with E-state index >= 15 is 0 Å².